The number of amides is 1. The van der Waals surface area contributed by atoms with Gasteiger partial charge in [-0.3, -0.25) is 9.69 Å². The third-order valence-corrected chi connectivity index (χ3v) is 8.85. The molecule has 1 aromatic rings. The van der Waals surface area contributed by atoms with Gasteiger partial charge in [-0.1, -0.05) is 31.7 Å². The van der Waals surface area contributed by atoms with Crippen LogP contribution in [0.2, 0.25) is 0 Å². The zero-order chi connectivity index (χ0) is 21.9. The average Bonchev–Trinajstić information content (AvgIpc) is 3.12. The molecule has 3 aliphatic rings. The number of nitrogens with one attached hydrogen (secondary N) is 1. The fourth-order valence-electron chi connectivity index (χ4n) is 5.09. The predicted molar refractivity (Wildman–Crippen MR) is 118 cm³/mol. The zero-order valence-electron chi connectivity index (χ0n) is 18.1. The number of benzene rings is 1. The van der Waals surface area contributed by atoms with Gasteiger partial charge in [0.25, 0.3) is 0 Å². The number of rotatable bonds is 5. The molecule has 0 aromatic heterocycles. The first kappa shape index (κ1) is 22.3. The van der Waals surface area contributed by atoms with Gasteiger partial charge in [0.2, 0.25) is 15.9 Å². The van der Waals surface area contributed by atoms with Crippen LogP contribution in [0, 0.1) is 11.3 Å². The van der Waals surface area contributed by atoms with Crippen LogP contribution in [0.4, 0.5) is 0 Å². The quantitative estimate of drug-likeness (QED) is 0.703. The molecule has 1 aliphatic heterocycles. The lowest BCUT2D eigenvalue weighted by atomic mass is 9.92. The van der Waals surface area contributed by atoms with Crippen molar-refractivity contribution in [2.75, 3.05) is 32.7 Å². The summed E-state index contributed by atoms with van der Waals surface area (Å²) in [6.07, 6.45) is 8.64. The predicted octanol–water partition coefficient (Wildman–Crippen LogP) is 2.21. The maximum atomic E-state index is 13.1. The standard InChI is InChI=1S/C23H32N4O3S/c24-18-23(10-3-1-2-4-11-23)25-22(28)17-26-12-14-27(15-13-26)31(29,30)21-9-8-19-6-5-7-20(19)16-21/h8-9,16H,1-7,10-15,17H2,(H,25,28). The number of carbonyl (C=O) groups excluding carboxylic acids is 1. The molecular formula is C23H32N4O3S. The average molecular weight is 445 g/mol. The van der Waals surface area contributed by atoms with Crippen molar-refractivity contribution in [3.63, 3.8) is 0 Å². The molecule has 2 fully saturated rings. The van der Waals surface area contributed by atoms with E-state index >= 15 is 0 Å². The van der Waals surface area contributed by atoms with Crippen LogP contribution in [-0.2, 0) is 27.7 Å². The summed E-state index contributed by atoms with van der Waals surface area (Å²) in [4.78, 5) is 15.0. The highest BCUT2D eigenvalue weighted by Gasteiger charge is 2.34. The number of hydrogen-bond donors (Lipinski definition) is 1. The van der Waals surface area contributed by atoms with Crippen molar-refractivity contribution < 1.29 is 13.2 Å². The second kappa shape index (κ2) is 9.27. The summed E-state index contributed by atoms with van der Waals surface area (Å²) < 4.78 is 27.7. The monoisotopic (exact) mass is 444 g/mol. The second-order valence-electron chi connectivity index (χ2n) is 9.12. The Morgan fingerprint density at radius 1 is 1.00 bits per heavy atom. The molecule has 4 rings (SSSR count). The molecule has 1 N–H and O–H groups in total. The lowest BCUT2D eigenvalue weighted by Crippen LogP contribution is -2.54. The third kappa shape index (κ3) is 4.94. The topological polar surface area (TPSA) is 93.5 Å². The van der Waals surface area contributed by atoms with Crippen LogP contribution in [0.1, 0.15) is 56.1 Å². The Kier molecular flexibility index (Phi) is 6.65. The zero-order valence-corrected chi connectivity index (χ0v) is 18.9. The van der Waals surface area contributed by atoms with E-state index in [1.807, 2.05) is 17.0 Å². The summed E-state index contributed by atoms with van der Waals surface area (Å²) in [7, 11) is -3.51. The summed E-state index contributed by atoms with van der Waals surface area (Å²) in [5, 5.41) is 12.6. The number of sulfonamides is 1. The van der Waals surface area contributed by atoms with Gasteiger partial charge in [-0.2, -0.15) is 9.57 Å². The Labute approximate surface area is 185 Å². The minimum atomic E-state index is -3.51. The molecule has 1 saturated heterocycles. The van der Waals surface area contributed by atoms with E-state index in [2.05, 4.69) is 11.4 Å². The van der Waals surface area contributed by atoms with Gasteiger partial charge in [0.15, 0.2) is 0 Å². The van der Waals surface area contributed by atoms with Gasteiger partial charge in [-0.25, -0.2) is 8.42 Å². The lowest BCUT2D eigenvalue weighted by Gasteiger charge is -2.34. The fourth-order valence-corrected chi connectivity index (χ4v) is 6.57. The van der Waals surface area contributed by atoms with Crippen molar-refractivity contribution in [3.05, 3.63) is 29.3 Å². The fraction of sp³-hybridized carbons (Fsp3) is 0.652. The molecule has 1 heterocycles. The number of piperazine rings is 1. The molecular weight excluding hydrogens is 412 g/mol. The smallest absolute Gasteiger partial charge is 0.243 e. The number of hydrogen-bond acceptors (Lipinski definition) is 5. The molecule has 2 aliphatic carbocycles. The highest BCUT2D eigenvalue weighted by atomic mass is 32.2. The van der Waals surface area contributed by atoms with Gasteiger partial charge >= 0.3 is 0 Å². The van der Waals surface area contributed by atoms with Crippen LogP contribution < -0.4 is 5.32 Å². The largest absolute Gasteiger partial charge is 0.337 e. The summed E-state index contributed by atoms with van der Waals surface area (Å²) in [6.45, 7) is 1.97. The van der Waals surface area contributed by atoms with Crippen molar-refractivity contribution in [3.8, 4) is 6.07 Å². The summed E-state index contributed by atoms with van der Waals surface area (Å²) in [5.41, 5.74) is 1.67. The molecule has 7 nitrogen and oxygen atoms in total. The van der Waals surface area contributed by atoms with Crippen molar-refractivity contribution >= 4 is 15.9 Å². The Morgan fingerprint density at radius 3 is 2.35 bits per heavy atom. The van der Waals surface area contributed by atoms with Gasteiger partial charge in [0.1, 0.15) is 5.54 Å². The molecule has 0 radical (unpaired) electrons. The third-order valence-electron chi connectivity index (χ3n) is 6.96. The van der Waals surface area contributed by atoms with Crippen molar-refractivity contribution in [2.45, 2.75) is 68.2 Å². The summed E-state index contributed by atoms with van der Waals surface area (Å²) in [5.74, 6) is -0.140. The van der Waals surface area contributed by atoms with Crippen molar-refractivity contribution in [1.82, 2.24) is 14.5 Å². The molecule has 0 bridgehead atoms. The Hall–Kier alpha value is -1.95. The van der Waals surface area contributed by atoms with Crippen LogP contribution in [0.25, 0.3) is 0 Å². The molecule has 0 unspecified atom stereocenters. The van der Waals surface area contributed by atoms with E-state index in [1.165, 1.54) is 9.87 Å². The molecule has 1 amide bonds. The highest BCUT2D eigenvalue weighted by molar-refractivity contribution is 7.89. The van der Waals surface area contributed by atoms with E-state index in [0.29, 0.717) is 43.9 Å². The van der Waals surface area contributed by atoms with Crippen LogP contribution in [0.5, 0.6) is 0 Å². The number of nitriles is 1. The number of aryl methyl sites for hydroxylation is 2. The minimum absolute atomic E-state index is 0.140. The Balaban J connectivity index is 1.32. The van der Waals surface area contributed by atoms with E-state index in [0.717, 1.165) is 50.5 Å². The maximum absolute atomic E-state index is 13.1. The SMILES string of the molecule is N#CC1(NC(=O)CN2CCN(S(=O)(=O)c3ccc4c(c3)CCC4)CC2)CCCCCC1. The lowest BCUT2D eigenvalue weighted by molar-refractivity contribution is -0.124. The molecule has 1 saturated carbocycles. The van der Waals surface area contributed by atoms with Gasteiger partial charge in [-0.05, 0) is 55.4 Å². The van der Waals surface area contributed by atoms with E-state index in [9.17, 15) is 18.5 Å². The molecule has 0 atom stereocenters. The normalized spacial score (nSPS) is 22.3. The molecule has 0 spiro atoms. The van der Waals surface area contributed by atoms with Gasteiger partial charge in [0.05, 0.1) is 17.5 Å². The molecule has 168 valence electrons. The van der Waals surface area contributed by atoms with E-state index < -0.39 is 15.6 Å². The van der Waals surface area contributed by atoms with Gasteiger partial charge < -0.3 is 5.32 Å². The molecule has 31 heavy (non-hydrogen) atoms. The summed E-state index contributed by atoms with van der Waals surface area (Å²) >= 11 is 0. The first-order chi connectivity index (χ1) is 14.9. The van der Waals surface area contributed by atoms with E-state index in [1.54, 1.807) is 6.07 Å². The minimum Gasteiger partial charge on any atom is -0.337 e. The summed E-state index contributed by atoms with van der Waals surface area (Å²) in [6, 6.07) is 7.87. The number of carbonyl (C=O) groups is 1. The van der Waals surface area contributed by atoms with E-state index in [-0.39, 0.29) is 12.5 Å². The van der Waals surface area contributed by atoms with Crippen LogP contribution in [0.15, 0.2) is 23.1 Å². The highest BCUT2D eigenvalue weighted by Crippen LogP contribution is 2.28. The number of nitrogens with zero attached hydrogens (tertiary/aromatic N) is 3. The van der Waals surface area contributed by atoms with Gasteiger partial charge in [0, 0.05) is 26.2 Å². The van der Waals surface area contributed by atoms with Crippen molar-refractivity contribution in [1.29, 1.82) is 5.26 Å². The van der Waals surface area contributed by atoms with E-state index in [4.69, 9.17) is 0 Å². The van der Waals surface area contributed by atoms with Crippen molar-refractivity contribution in [2.24, 2.45) is 0 Å². The number of fused-ring (bicyclic) bond motifs is 1. The molecule has 1 aromatic carbocycles. The van der Waals surface area contributed by atoms with Crippen LogP contribution >= 0.6 is 0 Å². The van der Waals surface area contributed by atoms with Crippen LogP contribution in [0.3, 0.4) is 0 Å². The first-order valence-electron chi connectivity index (χ1n) is 11.5. The first-order valence-corrected chi connectivity index (χ1v) is 12.9. The van der Waals surface area contributed by atoms with Gasteiger partial charge in [-0.15, -0.1) is 0 Å². The Bertz CT molecular complexity index is 954. The van der Waals surface area contributed by atoms with Crippen LogP contribution in [-0.4, -0.2) is 61.8 Å². The Morgan fingerprint density at radius 2 is 1.68 bits per heavy atom. The maximum Gasteiger partial charge on any atom is 0.243 e. The molecule has 8 heteroatoms. The second-order valence-corrected chi connectivity index (χ2v) is 11.1.